The van der Waals surface area contributed by atoms with E-state index in [1.807, 2.05) is 13.0 Å². The lowest BCUT2D eigenvalue weighted by Gasteiger charge is -2.09. The van der Waals surface area contributed by atoms with Gasteiger partial charge >= 0.3 is 0 Å². The molecule has 0 bridgehead atoms. The van der Waals surface area contributed by atoms with E-state index in [1.165, 1.54) is 0 Å². The summed E-state index contributed by atoms with van der Waals surface area (Å²) in [4.78, 5) is 19.1. The van der Waals surface area contributed by atoms with Crippen LogP contribution in [0, 0.1) is 6.92 Å². The molecular formula is C21H36O10. The highest BCUT2D eigenvalue weighted by atomic mass is 16.6. The maximum Gasteiger partial charge on any atom is 0.290 e. The zero-order valence-corrected chi connectivity index (χ0v) is 18.6. The maximum absolute atomic E-state index is 10.7. The van der Waals surface area contributed by atoms with Gasteiger partial charge in [-0.05, 0) is 30.7 Å². The van der Waals surface area contributed by atoms with E-state index < -0.39 is 0 Å². The molecule has 10 nitrogen and oxygen atoms in total. The van der Waals surface area contributed by atoms with Gasteiger partial charge in [0.25, 0.3) is 6.47 Å². The summed E-state index contributed by atoms with van der Waals surface area (Å²) in [6.07, 6.45) is 0.832. The van der Waals surface area contributed by atoms with E-state index in [1.54, 1.807) is 26.4 Å². The first-order chi connectivity index (χ1) is 15.1. The minimum Gasteiger partial charge on any atom is -0.491 e. The van der Waals surface area contributed by atoms with Crippen LogP contribution in [0.15, 0.2) is 18.2 Å². The second-order valence-electron chi connectivity index (χ2n) is 5.67. The van der Waals surface area contributed by atoms with Crippen molar-refractivity contribution < 1.29 is 48.2 Å². The number of carboxylic acid groups (broad SMARTS) is 1. The number of ether oxygens (including phenoxy) is 6. The number of hydrogen-bond donors (Lipinski definition) is 2. The molecule has 0 unspecified atom stereocenters. The first-order valence-electron chi connectivity index (χ1n) is 9.69. The van der Waals surface area contributed by atoms with Gasteiger partial charge in [-0.15, -0.1) is 0 Å². The molecular weight excluding hydrogens is 412 g/mol. The molecule has 0 fully saturated rings. The van der Waals surface area contributed by atoms with Crippen molar-refractivity contribution in [2.75, 3.05) is 80.3 Å². The van der Waals surface area contributed by atoms with Gasteiger partial charge in [-0.3, -0.25) is 9.59 Å². The van der Waals surface area contributed by atoms with Gasteiger partial charge < -0.3 is 38.6 Å². The van der Waals surface area contributed by atoms with Gasteiger partial charge in [0.15, 0.2) is 0 Å². The Kier molecular flexibility index (Phi) is 26.0. The van der Waals surface area contributed by atoms with Gasteiger partial charge in [0.2, 0.25) is 0 Å². The summed E-state index contributed by atoms with van der Waals surface area (Å²) in [6, 6.07) is 5.35. The first kappa shape index (κ1) is 31.1. The molecule has 0 amide bonds. The van der Waals surface area contributed by atoms with Gasteiger partial charge in [-0.2, -0.15) is 0 Å². The molecule has 0 radical (unpaired) electrons. The fourth-order valence-electron chi connectivity index (χ4n) is 1.91. The number of aliphatic hydroxyl groups is 1. The summed E-state index contributed by atoms with van der Waals surface area (Å²) in [5.74, 6) is 0.725. The minimum atomic E-state index is -0.250. The largest absolute Gasteiger partial charge is 0.491 e. The Hall–Kier alpha value is -2.08. The lowest BCUT2D eigenvalue weighted by atomic mass is 10.1. The molecule has 0 atom stereocenters. The Morgan fingerprint density at radius 3 is 1.61 bits per heavy atom. The molecule has 0 spiro atoms. The number of methoxy groups -OCH3 is 1. The van der Waals surface area contributed by atoms with Gasteiger partial charge in [-0.1, -0.05) is 0 Å². The van der Waals surface area contributed by atoms with E-state index >= 15 is 0 Å². The minimum absolute atomic E-state index is 0.0280. The fraction of sp³-hybridized carbons (Fsp3) is 0.619. The Morgan fingerprint density at radius 1 is 0.806 bits per heavy atom. The second-order valence-corrected chi connectivity index (χ2v) is 5.67. The normalized spacial score (nSPS) is 9.68. The van der Waals surface area contributed by atoms with E-state index in [9.17, 15) is 4.79 Å². The summed E-state index contributed by atoms with van der Waals surface area (Å²) in [7, 11) is 3.25. The van der Waals surface area contributed by atoms with Crippen molar-refractivity contribution in [2.24, 2.45) is 0 Å². The monoisotopic (exact) mass is 448 g/mol. The van der Waals surface area contributed by atoms with Crippen molar-refractivity contribution in [1.82, 2.24) is 0 Å². The van der Waals surface area contributed by atoms with Crippen molar-refractivity contribution in [3.8, 4) is 5.75 Å². The summed E-state index contributed by atoms with van der Waals surface area (Å²) >= 11 is 0. The quantitative estimate of drug-likeness (QED) is 0.281. The molecule has 0 saturated carbocycles. The lowest BCUT2D eigenvalue weighted by molar-refractivity contribution is -0.122. The van der Waals surface area contributed by atoms with Crippen LogP contribution in [-0.4, -0.2) is 103 Å². The molecule has 0 heterocycles. The standard InChI is InChI=1S/C18H28O7.C2H6O.CH2O2/c1-16-14-18(3-2-17(16)15-20)25-13-12-24-11-10-23-9-8-22-7-6-21-5-4-19;1-3-2;2-1-3/h2-3,14-15,19H,4-13H2,1H3;1-2H3;1H,(H,2,3). The van der Waals surface area contributed by atoms with E-state index in [-0.39, 0.29) is 13.1 Å². The van der Waals surface area contributed by atoms with Crippen LogP contribution in [-0.2, 0) is 28.5 Å². The zero-order chi connectivity index (χ0) is 23.6. The highest BCUT2D eigenvalue weighted by Gasteiger charge is 2.00. The van der Waals surface area contributed by atoms with Crippen LogP contribution in [0.25, 0.3) is 0 Å². The Bertz CT molecular complexity index is 525. The second kappa shape index (κ2) is 26.0. The Labute approximate surface area is 184 Å². The van der Waals surface area contributed by atoms with Crippen LogP contribution in [0.2, 0.25) is 0 Å². The SMILES string of the molecule is COC.Cc1cc(OCCOCCOCCOCCOCCO)ccc1C=O.O=CO. The predicted octanol–water partition coefficient (Wildman–Crippen LogP) is 1.21. The first-order valence-corrected chi connectivity index (χ1v) is 9.69. The zero-order valence-electron chi connectivity index (χ0n) is 18.6. The smallest absolute Gasteiger partial charge is 0.290 e. The summed E-state index contributed by atoms with van der Waals surface area (Å²) in [5, 5.41) is 15.4. The fourth-order valence-corrected chi connectivity index (χ4v) is 1.91. The topological polar surface area (TPSA) is 130 Å². The van der Waals surface area contributed by atoms with Crippen molar-refractivity contribution in [1.29, 1.82) is 0 Å². The van der Waals surface area contributed by atoms with E-state index in [4.69, 9.17) is 38.7 Å². The van der Waals surface area contributed by atoms with Crippen molar-refractivity contribution in [3.63, 3.8) is 0 Å². The van der Waals surface area contributed by atoms with E-state index in [0.29, 0.717) is 65.0 Å². The number of aldehydes is 1. The molecule has 0 saturated heterocycles. The van der Waals surface area contributed by atoms with E-state index in [0.717, 1.165) is 17.6 Å². The molecule has 2 N–H and O–H groups in total. The summed E-state index contributed by atoms with van der Waals surface area (Å²) < 4.78 is 30.9. The number of carbonyl (C=O) groups is 2. The van der Waals surface area contributed by atoms with Gasteiger partial charge in [0, 0.05) is 19.8 Å². The molecule has 0 aromatic heterocycles. The van der Waals surface area contributed by atoms with Gasteiger partial charge in [0.1, 0.15) is 18.6 Å². The third-order valence-corrected chi connectivity index (χ3v) is 3.22. The van der Waals surface area contributed by atoms with E-state index in [2.05, 4.69) is 4.74 Å². The molecule has 10 heteroatoms. The van der Waals surface area contributed by atoms with Crippen molar-refractivity contribution >= 4 is 12.8 Å². The van der Waals surface area contributed by atoms with Crippen LogP contribution in [0.1, 0.15) is 15.9 Å². The maximum atomic E-state index is 10.7. The lowest BCUT2D eigenvalue weighted by Crippen LogP contribution is -2.14. The molecule has 1 aromatic rings. The number of hydrogen-bond acceptors (Lipinski definition) is 9. The third kappa shape index (κ3) is 22.4. The number of benzene rings is 1. The molecule has 180 valence electrons. The molecule has 31 heavy (non-hydrogen) atoms. The molecule has 1 aromatic carbocycles. The number of rotatable bonds is 16. The predicted molar refractivity (Wildman–Crippen MR) is 114 cm³/mol. The molecule has 0 aliphatic carbocycles. The number of aliphatic hydroxyl groups excluding tert-OH is 1. The molecule has 0 aliphatic rings. The highest BCUT2D eigenvalue weighted by Crippen LogP contribution is 2.15. The van der Waals surface area contributed by atoms with Crippen LogP contribution < -0.4 is 4.74 Å². The third-order valence-electron chi connectivity index (χ3n) is 3.22. The molecule has 0 aliphatic heterocycles. The molecule has 1 rings (SSSR count). The van der Waals surface area contributed by atoms with Crippen LogP contribution in [0.5, 0.6) is 5.75 Å². The summed E-state index contributed by atoms with van der Waals surface area (Å²) in [5.41, 5.74) is 1.56. The van der Waals surface area contributed by atoms with Crippen LogP contribution in [0.3, 0.4) is 0 Å². The summed E-state index contributed by atoms with van der Waals surface area (Å²) in [6.45, 7) is 5.85. The van der Waals surface area contributed by atoms with Crippen molar-refractivity contribution in [3.05, 3.63) is 29.3 Å². The van der Waals surface area contributed by atoms with Crippen LogP contribution >= 0.6 is 0 Å². The average molecular weight is 449 g/mol. The van der Waals surface area contributed by atoms with Crippen LogP contribution in [0.4, 0.5) is 0 Å². The Balaban J connectivity index is 0. The Morgan fingerprint density at radius 2 is 1.23 bits per heavy atom. The highest BCUT2D eigenvalue weighted by molar-refractivity contribution is 5.77. The number of carbonyl (C=O) groups excluding carboxylic acids is 1. The average Bonchev–Trinajstić information content (AvgIpc) is 2.75. The van der Waals surface area contributed by atoms with Gasteiger partial charge in [-0.25, -0.2) is 0 Å². The van der Waals surface area contributed by atoms with Crippen molar-refractivity contribution in [2.45, 2.75) is 6.92 Å². The van der Waals surface area contributed by atoms with Gasteiger partial charge in [0.05, 0.1) is 59.5 Å². The number of aryl methyl sites for hydroxylation is 1.